The summed E-state index contributed by atoms with van der Waals surface area (Å²) >= 11 is 0. The first kappa shape index (κ1) is 41.5. The summed E-state index contributed by atoms with van der Waals surface area (Å²) in [6.45, 7) is -1.48. The highest BCUT2D eigenvalue weighted by molar-refractivity contribution is 6.00. The van der Waals surface area contributed by atoms with Crippen LogP contribution in [-0.4, -0.2) is 115 Å². The van der Waals surface area contributed by atoms with Crippen molar-refractivity contribution in [1.82, 2.24) is 19.6 Å². The zero-order chi connectivity index (χ0) is 41.9. The Morgan fingerprint density at radius 3 is 0.724 bits per heavy atom. The molecule has 1 saturated heterocycles. The molecule has 0 saturated carbocycles. The average Bonchev–Trinajstić information content (AvgIpc) is 3.23. The lowest BCUT2D eigenvalue weighted by molar-refractivity contribution is -0.385. The first-order chi connectivity index (χ1) is 27.8. The number of amides is 4. The molecule has 0 N–H and O–H groups in total. The normalized spacial score (nSPS) is 14.2. The van der Waals surface area contributed by atoms with Gasteiger partial charge in [0, 0.05) is 76.6 Å². The first-order valence-electron chi connectivity index (χ1n) is 17.9. The summed E-state index contributed by atoms with van der Waals surface area (Å²) in [5.41, 5.74) is -2.89. The number of hydrogen-bond donors (Lipinski definition) is 0. The van der Waals surface area contributed by atoms with Gasteiger partial charge < -0.3 is 19.6 Å². The van der Waals surface area contributed by atoms with Crippen LogP contribution in [0.4, 0.5) is 22.7 Å². The molecule has 1 aliphatic heterocycles. The molecule has 0 aliphatic carbocycles. The molecule has 4 aromatic rings. The maximum atomic E-state index is 14.0. The predicted octanol–water partition coefficient (Wildman–Crippen LogP) is 4.98. The molecule has 58 heavy (non-hydrogen) atoms. The van der Waals surface area contributed by atoms with Crippen LogP contribution in [0.2, 0.25) is 0 Å². The Kier molecular flexibility index (Phi) is 13.5. The molecular weight excluding hydrogens is 760 g/mol. The SMILES string of the molecule is O=C(c1ccccc1[N+](=O)[O-])N1CCCN(C(=O)c2ccccc2[N+](=O)[O-])CCN(C(=O)c2ccccc2[N+](=O)[O-])CCCN(C(=O)c2ccccc2[N+](=O)[O-])CC1. The highest BCUT2D eigenvalue weighted by Crippen LogP contribution is 2.25. The molecule has 0 aromatic heterocycles. The summed E-state index contributed by atoms with van der Waals surface area (Å²) in [6, 6.07) is 21.1. The van der Waals surface area contributed by atoms with Gasteiger partial charge in [0.2, 0.25) is 0 Å². The van der Waals surface area contributed by atoms with Crippen LogP contribution in [0.3, 0.4) is 0 Å². The van der Waals surface area contributed by atoms with E-state index in [1.807, 2.05) is 0 Å². The fourth-order valence-electron chi connectivity index (χ4n) is 6.58. The second-order valence-corrected chi connectivity index (χ2v) is 13.0. The number of nitro benzene ring substituents is 4. The van der Waals surface area contributed by atoms with E-state index in [9.17, 15) is 59.6 Å². The monoisotopic (exact) mass is 796 g/mol. The maximum absolute atomic E-state index is 14.0. The van der Waals surface area contributed by atoms with Crippen molar-refractivity contribution in [1.29, 1.82) is 0 Å². The number of rotatable bonds is 8. The smallest absolute Gasteiger partial charge is 0.282 e. The molecule has 0 atom stereocenters. The van der Waals surface area contributed by atoms with Crippen molar-refractivity contribution < 1.29 is 38.9 Å². The summed E-state index contributed by atoms with van der Waals surface area (Å²) in [7, 11) is 0. The van der Waals surface area contributed by atoms with Crippen LogP contribution in [0.1, 0.15) is 54.3 Å². The largest absolute Gasteiger partial charge is 0.337 e. The number of para-hydroxylation sites is 4. The zero-order valence-electron chi connectivity index (χ0n) is 30.8. The standard InChI is InChI=1S/C38H36N8O12/c47-35(27-11-1-5-15-31(27)43(51)52)39-19-9-20-41(37(49)29-13-3-7-17-33(29)45(55)56)25-26-42(38(50)30-14-4-8-18-34(30)46(57)58)22-10-21-40(24-23-39)36(48)28-12-2-6-16-32(28)44(53)54/h1-8,11-18H,9-10,19-26H2. The van der Waals surface area contributed by atoms with Crippen LogP contribution < -0.4 is 0 Å². The lowest BCUT2D eigenvalue weighted by Gasteiger charge is -2.32. The number of benzene rings is 4. The van der Waals surface area contributed by atoms with Crippen LogP contribution in [-0.2, 0) is 0 Å². The van der Waals surface area contributed by atoms with Crippen LogP contribution in [0.25, 0.3) is 0 Å². The highest BCUT2D eigenvalue weighted by atomic mass is 16.6. The third kappa shape index (κ3) is 9.59. The molecule has 0 unspecified atom stereocenters. The van der Waals surface area contributed by atoms with Crippen molar-refractivity contribution in [3.63, 3.8) is 0 Å². The Hall–Kier alpha value is -7.64. The van der Waals surface area contributed by atoms with E-state index >= 15 is 0 Å². The van der Waals surface area contributed by atoms with Crippen molar-refractivity contribution in [2.45, 2.75) is 12.8 Å². The third-order valence-corrected chi connectivity index (χ3v) is 9.47. The topological polar surface area (TPSA) is 254 Å². The third-order valence-electron chi connectivity index (χ3n) is 9.47. The minimum absolute atomic E-state index is 0.00888. The van der Waals surface area contributed by atoms with E-state index < -0.39 is 66.1 Å². The summed E-state index contributed by atoms with van der Waals surface area (Å²) in [4.78, 5) is 106. The van der Waals surface area contributed by atoms with E-state index in [0.29, 0.717) is 0 Å². The van der Waals surface area contributed by atoms with E-state index in [1.54, 1.807) is 0 Å². The van der Waals surface area contributed by atoms with Gasteiger partial charge >= 0.3 is 0 Å². The van der Waals surface area contributed by atoms with Gasteiger partial charge in [-0.1, -0.05) is 48.5 Å². The number of nitrogens with zero attached hydrogens (tertiary/aromatic N) is 8. The van der Waals surface area contributed by atoms with Gasteiger partial charge in [-0.25, -0.2) is 0 Å². The van der Waals surface area contributed by atoms with Gasteiger partial charge in [0.15, 0.2) is 0 Å². The summed E-state index contributed by atoms with van der Waals surface area (Å²) in [5, 5.41) is 47.6. The predicted molar refractivity (Wildman–Crippen MR) is 205 cm³/mol. The van der Waals surface area contributed by atoms with Gasteiger partial charge in [-0.05, 0) is 37.1 Å². The van der Waals surface area contributed by atoms with E-state index in [-0.39, 0.29) is 87.5 Å². The van der Waals surface area contributed by atoms with Gasteiger partial charge in [0.1, 0.15) is 22.3 Å². The number of carbonyl (C=O) groups is 4. The molecule has 0 bridgehead atoms. The highest BCUT2D eigenvalue weighted by Gasteiger charge is 2.31. The number of nitro groups is 4. The van der Waals surface area contributed by atoms with Crippen molar-refractivity contribution >= 4 is 46.4 Å². The van der Waals surface area contributed by atoms with Gasteiger partial charge in [0.05, 0.1) is 19.7 Å². The molecule has 0 radical (unpaired) electrons. The minimum Gasteiger partial charge on any atom is -0.337 e. The van der Waals surface area contributed by atoms with E-state index in [2.05, 4.69) is 0 Å². The molecule has 20 heteroatoms. The molecule has 1 heterocycles. The summed E-state index contributed by atoms with van der Waals surface area (Å²) in [5.74, 6) is -3.07. The van der Waals surface area contributed by atoms with Crippen LogP contribution >= 0.6 is 0 Å². The quantitative estimate of drug-likeness (QED) is 0.169. The fraction of sp³-hybridized carbons (Fsp3) is 0.263. The lowest BCUT2D eigenvalue weighted by Crippen LogP contribution is -2.46. The summed E-state index contributed by atoms with van der Waals surface area (Å²) in [6.07, 6.45) is 0.0178. The van der Waals surface area contributed by atoms with E-state index in [0.717, 1.165) is 24.3 Å². The fourth-order valence-corrected chi connectivity index (χ4v) is 6.58. The van der Waals surface area contributed by atoms with Crippen LogP contribution in [0.5, 0.6) is 0 Å². The van der Waals surface area contributed by atoms with E-state index in [4.69, 9.17) is 0 Å². The van der Waals surface area contributed by atoms with E-state index in [1.165, 1.54) is 92.4 Å². The number of carbonyl (C=O) groups excluding carboxylic acids is 4. The molecule has 4 aromatic carbocycles. The number of hydrogen-bond acceptors (Lipinski definition) is 12. The molecule has 5 rings (SSSR count). The van der Waals surface area contributed by atoms with Gasteiger partial charge in [-0.3, -0.25) is 59.6 Å². The van der Waals surface area contributed by atoms with Gasteiger partial charge in [-0.15, -0.1) is 0 Å². The Balaban J connectivity index is 1.55. The maximum Gasteiger partial charge on any atom is 0.282 e. The van der Waals surface area contributed by atoms with Crippen LogP contribution in [0, 0.1) is 40.5 Å². The molecule has 300 valence electrons. The molecule has 0 spiro atoms. The Bertz CT molecular complexity index is 1960. The molecule has 20 nitrogen and oxygen atoms in total. The molecule has 4 amide bonds. The Morgan fingerprint density at radius 1 is 0.345 bits per heavy atom. The van der Waals surface area contributed by atoms with Crippen LogP contribution in [0.15, 0.2) is 97.1 Å². The zero-order valence-corrected chi connectivity index (χ0v) is 30.8. The lowest BCUT2D eigenvalue weighted by atomic mass is 10.1. The van der Waals surface area contributed by atoms with Crippen molar-refractivity contribution in [3.8, 4) is 0 Å². The Labute approximate surface area is 329 Å². The van der Waals surface area contributed by atoms with Crippen molar-refractivity contribution in [2.24, 2.45) is 0 Å². The van der Waals surface area contributed by atoms with Gasteiger partial charge in [-0.2, -0.15) is 0 Å². The summed E-state index contributed by atoms with van der Waals surface area (Å²) < 4.78 is 0. The first-order valence-corrected chi connectivity index (χ1v) is 17.9. The van der Waals surface area contributed by atoms with Gasteiger partial charge in [0.25, 0.3) is 46.4 Å². The van der Waals surface area contributed by atoms with Crippen molar-refractivity contribution in [2.75, 3.05) is 52.4 Å². The molecular formula is C38H36N8O12. The second-order valence-electron chi connectivity index (χ2n) is 13.0. The average molecular weight is 797 g/mol. The molecule has 1 aliphatic rings. The minimum atomic E-state index is -0.768. The molecule has 1 fully saturated rings. The second kappa shape index (κ2) is 18.8. The van der Waals surface area contributed by atoms with Crippen molar-refractivity contribution in [3.05, 3.63) is 160 Å². The Morgan fingerprint density at radius 2 is 0.534 bits per heavy atom.